The van der Waals surface area contributed by atoms with Gasteiger partial charge in [0.15, 0.2) is 5.78 Å². The third-order valence-electron chi connectivity index (χ3n) is 3.19. The molecule has 3 rings (SSSR count). The quantitative estimate of drug-likeness (QED) is 0.692. The van der Waals surface area contributed by atoms with E-state index in [2.05, 4.69) is 4.98 Å². The first kappa shape index (κ1) is 12.9. The number of carbonyl (C=O) groups excluding carboxylic acids is 1. The number of nitrogens with one attached hydrogen (secondary N) is 1. The fourth-order valence-electron chi connectivity index (χ4n) is 2.30. The summed E-state index contributed by atoms with van der Waals surface area (Å²) in [4.78, 5) is 15.5. The SMILES string of the molecule is Cc1cc(Cl)cc(C(=O)c2c[nH]c3ccc(F)cc23)c1. The Hall–Kier alpha value is -2.13. The lowest BCUT2D eigenvalue weighted by Crippen LogP contribution is -2.01. The van der Waals surface area contributed by atoms with Crippen LogP contribution in [0.3, 0.4) is 0 Å². The minimum atomic E-state index is -0.367. The number of ketones is 1. The van der Waals surface area contributed by atoms with Gasteiger partial charge in [0.05, 0.1) is 0 Å². The van der Waals surface area contributed by atoms with Crippen LogP contribution in [-0.4, -0.2) is 10.8 Å². The van der Waals surface area contributed by atoms with Crippen molar-refractivity contribution in [2.24, 2.45) is 0 Å². The van der Waals surface area contributed by atoms with Crippen molar-refractivity contribution in [3.8, 4) is 0 Å². The largest absolute Gasteiger partial charge is 0.360 e. The van der Waals surface area contributed by atoms with Gasteiger partial charge in [0.25, 0.3) is 0 Å². The third-order valence-corrected chi connectivity index (χ3v) is 3.41. The topological polar surface area (TPSA) is 32.9 Å². The molecule has 0 aliphatic carbocycles. The summed E-state index contributed by atoms with van der Waals surface area (Å²) in [6.07, 6.45) is 1.60. The highest BCUT2D eigenvalue weighted by Gasteiger charge is 2.15. The van der Waals surface area contributed by atoms with Crippen molar-refractivity contribution in [2.45, 2.75) is 6.92 Å². The molecule has 0 atom stereocenters. The molecule has 1 heterocycles. The van der Waals surface area contributed by atoms with Crippen LogP contribution in [0, 0.1) is 12.7 Å². The van der Waals surface area contributed by atoms with Crippen molar-refractivity contribution in [1.29, 1.82) is 0 Å². The number of benzene rings is 2. The number of halogens is 2. The van der Waals surface area contributed by atoms with Gasteiger partial charge in [-0.15, -0.1) is 0 Å². The minimum Gasteiger partial charge on any atom is -0.360 e. The van der Waals surface area contributed by atoms with E-state index >= 15 is 0 Å². The van der Waals surface area contributed by atoms with Gasteiger partial charge in [-0.2, -0.15) is 0 Å². The fourth-order valence-corrected chi connectivity index (χ4v) is 2.59. The molecule has 4 heteroatoms. The van der Waals surface area contributed by atoms with Crippen LogP contribution in [-0.2, 0) is 0 Å². The molecule has 20 heavy (non-hydrogen) atoms. The molecule has 100 valence electrons. The van der Waals surface area contributed by atoms with Gasteiger partial charge in [-0.1, -0.05) is 11.6 Å². The summed E-state index contributed by atoms with van der Waals surface area (Å²) in [6.45, 7) is 1.87. The maximum Gasteiger partial charge on any atom is 0.195 e. The van der Waals surface area contributed by atoms with E-state index in [1.54, 1.807) is 30.5 Å². The molecular weight excluding hydrogens is 277 g/mol. The maximum absolute atomic E-state index is 13.3. The second-order valence-corrected chi connectivity index (χ2v) is 5.18. The normalized spacial score (nSPS) is 10.9. The number of hydrogen-bond donors (Lipinski definition) is 1. The van der Waals surface area contributed by atoms with E-state index in [1.165, 1.54) is 12.1 Å². The summed E-state index contributed by atoms with van der Waals surface area (Å²) in [6, 6.07) is 9.51. The molecular formula is C16H11ClFNO. The lowest BCUT2D eigenvalue weighted by Gasteiger charge is -2.03. The van der Waals surface area contributed by atoms with E-state index < -0.39 is 0 Å². The summed E-state index contributed by atoms with van der Waals surface area (Å²) < 4.78 is 13.3. The highest BCUT2D eigenvalue weighted by Crippen LogP contribution is 2.24. The third kappa shape index (κ3) is 2.21. The van der Waals surface area contributed by atoms with Crippen LogP contribution in [0.2, 0.25) is 5.02 Å². The molecule has 0 saturated carbocycles. The first-order valence-electron chi connectivity index (χ1n) is 6.13. The van der Waals surface area contributed by atoms with E-state index in [4.69, 9.17) is 11.6 Å². The van der Waals surface area contributed by atoms with Gasteiger partial charge >= 0.3 is 0 Å². The van der Waals surface area contributed by atoms with Gasteiger partial charge < -0.3 is 4.98 Å². The number of H-pyrrole nitrogens is 1. The number of fused-ring (bicyclic) bond motifs is 1. The predicted octanol–water partition coefficient (Wildman–Crippen LogP) is 4.50. The van der Waals surface area contributed by atoms with Gasteiger partial charge in [0.2, 0.25) is 0 Å². The molecule has 0 unspecified atom stereocenters. The summed E-state index contributed by atoms with van der Waals surface area (Å²) in [5, 5.41) is 1.09. The van der Waals surface area contributed by atoms with E-state index in [-0.39, 0.29) is 11.6 Å². The van der Waals surface area contributed by atoms with Crippen LogP contribution in [0.4, 0.5) is 4.39 Å². The Morgan fingerprint density at radius 2 is 2.00 bits per heavy atom. The standard InChI is InChI=1S/C16H11ClFNO/c1-9-4-10(6-11(17)5-9)16(20)14-8-19-15-3-2-12(18)7-13(14)15/h2-8,19H,1H3. The molecule has 0 aliphatic rings. The van der Waals surface area contributed by atoms with Crippen LogP contribution in [0.15, 0.2) is 42.6 Å². The molecule has 0 aliphatic heterocycles. The number of rotatable bonds is 2. The second-order valence-electron chi connectivity index (χ2n) is 4.74. The van der Waals surface area contributed by atoms with E-state index in [0.29, 0.717) is 21.5 Å². The molecule has 0 saturated heterocycles. The number of hydrogen-bond acceptors (Lipinski definition) is 1. The Balaban J connectivity index is 2.15. The van der Waals surface area contributed by atoms with Crippen molar-refractivity contribution in [1.82, 2.24) is 4.98 Å². The van der Waals surface area contributed by atoms with Crippen LogP contribution in [0.25, 0.3) is 10.9 Å². The van der Waals surface area contributed by atoms with Crippen LogP contribution < -0.4 is 0 Å². The average molecular weight is 288 g/mol. The Morgan fingerprint density at radius 3 is 2.75 bits per heavy atom. The van der Waals surface area contributed by atoms with Crippen LogP contribution >= 0.6 is 11.6 Å². The van der Waals surface area contributed by atoms with Crippen molar-refractivity contribution in [2.75, 3.05) is 0 Å². The van der Waals surface area contributed by atoms with E-state index in [9.17, 15) is 9.18 Å². The smallest absolute Gasteiger partial charge is 0.195 e. The zero-order chi connectivity index (χ0) is 14.3. The highest BCUT2D eigenvalue weighted by molar-refractivity contribution is 6.31. The monoisotopic (exact) mass is 287 g/mol. The zero-order valence-electron chi connectivity index (χ0n) is 10.7. The molecule has 1 N–H and O–H groups in total. The first-order valence-corrected chi connectivity index (χ1v) is 6.51. The van der Waals surface area contributed by atoms with Gasteiger partial charge in [-0.05, 0) is 48.9 Å². The molecule has 0 spiro atoms. The van der Waals surface area contributed by atoms with Crippen molar-refractivity contribution < 1.29 is 9.18 Å². The fraction of sp³-hybridized carbons (Fsp3) is 0.0625. The van der Waals surface area contributed by atoms with Gasteiger partial charge in [-0.25, -0.2) is 4.39 Å². The second kappa shape index (κ2) is 4.76. The van der Waals surface area contributed by atoms with Crippen LogP contribution in [0.1, 0.15) is 21.5 Å². The lowest BCUT2D eigenvalue weighted by molar-refractivity contribution is 0.104. The summed E-state index contributed by atoms with van der Waals surface area (Å²) in [7, 11) is 0. The Bertz CT molecular complexity index is 802. The number of carbonyl (C=O) groups is 1. The minimum absolute atomic E-state index is 0.174. The predicted molar refractivity (Wildman–Crippen MR) is 77.9 cm³/mol. The Kier molecular flexibility index (Phi) is 3.07. The molecule has 0 radical (unpaired) electrons. The Morgan fingerprint density at radius 1 is 1.20 bits per heavy atom. The van der Waals surface area contributed by atoms with Gasteiger partial charge in [0, 0.05) is 33.2 Å². The molecule has 2 nitrogen and oxygen atoms in total. The highest BCUT2D eigenvalue weighted by atomic mass is 35.5. The Labute approximate surface area is 120 Å². The molecule has 3 aromatic rings. The summed E-state index contributed by atoms with van der Waals surface area (Å²) in [5.41, 5.74) is 2.58. The lowest BCUT2D eigenvalue weighted by atomic mass is 10.0. The first-order chi connectivity index (χ1) is 9.54. The van der Waals surface area contributed by atoms with E-state index in [0.717, 1.165) is 11.1 Å². The number of aryl methyl sites for hydroxylation is 1. The van der Waals surface area contributed by atoms with Crippen LogP contribution in [0.5, 0.6) is 0 Å². The number of aromatic amines is 1. The van der Waals surface area contributed by atoms with Crippen molar-refractivity contribution in [3.63, 3.8) is 0 Å². The van der Waals surface area contributed by atoms with Gasteiger partial charge in [0.1, 0.15) is 5.82 Å². The average Bonchev–Trinajstić information content (AvgIpc) is 2.79. The maximum atomic E-state index is 13.3. The van der Waals surface area contributed by atoms with Gasteiger partial charge in [-0.3, -0.25) is 4.79 Å². The molecule has 0 amide bonds. The molecule has 0 bridgehead atoms. The summed E-state index contributed by atoms with van der Waals surface area (Å²) >= 11 is 5.98. The summed E-state index contributed by atoms with van der Waals surface area (Å²) in [5.74, 6) is -0.541. The molecule has 0 fully saturated rings. The zero-order valence-corrected chi connectivity index (χ0v) is 11.5. The van der Waals surface area contributed by atoms with E-state index in [1.807, 2.05) is 6.92 Å². The number of aromatic nitrogens is 1. The van der Waals surface area contributed by atoms with Crippen molar-refractivity contribution in [3.05, 3.63) is 70.1 Å². The van der Waals surface area contributed by atoms with Crippen molar-refractivity contribution >= 4 is 28.3 Å². The molecule has 1 aromatic heterocycles. The molecule has 2 aromatic carbocycles.